The Morgan fingerprint density at radius 1 is 1.24 bits per heavy atom. The number of rotatable bonds is 7. The fraction of sp³-hybridized carbons (Fsp3) is 0.368. The topological polar surface area (TPSA) is 77.4 Å². The van der Waals surface area contributed by atoms with Gasteiger partial charge in [-0.2, -0.15) is 0 Å². The lowest BCUT2D eigenvalue weighted by molar-refractivity contribution is -0.135. The highest BCUT2D eigenvalue weighted by Crippen LogP contribution is 2.31. The van der Waals surface area contributed by atoms with E-state index < -0.39 is 5.97 Å². The van der Waals surface area contributed by atoms with E-state index >= 15 is 0 Å². The van der Waals surface area contributed by atoms with Crippen molar-refractivity contribution in [3.8, 4) is 11.5 Å². The van der Waals surface area contributed by atoms with Crippen LogP contribution in [0.2, 0.25) is 0 Å². The minimum atomic E-state index is -0.611. The number of carbonyl (C=O) groups excluding carboxylic acids is 1. The van der Waals surface area contributed by atoms with E-state index in [4.69, 9.17) is 9.47 Å². The molecule has 0 amide bonds. The second kappa shape index (κ2) is 8.37. The van der Waals surface area contributed by atoms with Gasteiger partial charge in [-0.15, -0.1) is 0 Å². The van der Waals surface area contributed by atoms with Crippen LogP contribution in [0, 0.1) is 0 Å². The molecular weight excluding hydrogens is 322 g/mol. The first-order valence-electron chi connectivity index (χ1n) is 8.20. The minimum absolute atomic E-state index is 0.0849. The summed E-state index contributed by atoms with van der Waals surface area (Å²) in [6.07, 6.45) is 2.58. The van der Waals surface area contributed by atoms with Gasteiger partial charge in [-0.25, -0.2) is 9.79 Å². The predicted molar refractivity (Wildman–Crippen MR) is 96.2 cm³/mol. The van der Waals surface area contributed by atoms with E-state index in [1.54, 1.807) is 13.0 Å². The average molecular weight is 345 g/mol. The highest BCUT2D eigenvalue weighted by molar-refractivity contribution is 6.21. The Kier molecular flexibility index (Phi) is 6.22. The maximum atomic E-state index is 11.7. The first-order valence-corrected chi connectivity index (χ1v) is 8.20. The van der Waals surface area contributed by atoms with Gasteiger partial charge in [-0.3, -0.25) is 0 Å². The first kappa shape index (κ1) is 18.6. The number of hydrogen-bond acceptors (Lipinski definition) is 6. The highest BCUT2D eigenvalue weighted by Gasteiger charge is 2.27. The van der Waals surface area contributed by atoms with Crippen molar-refractivity contribution in [1.82, 2.24) is 0 Å². The third kappa shape index (κ3) is 4.21. The smallest absolute Gasteiger partial charge is 0.343 e. The van der Waals surface area contributed by atoms with Gasteiger partial charge in [0.1, 0.15) is 11.3 Å². The molecule has 25 heavy (non-hydrogen) atoms. The van der Waals surface area contributed by atoms with Crippen molar-refractivity contribution in [2.75, 3.05) is 20.3 Å². The number of benzene rings is 1. The summed E-state index contributed by atoms with van der Waals surface area (Å²) in [6, 6.07) is 5.48. The third-order valence-electron chi connectivity index (χ3n) is 3.55. The van der Waals surface area contributed by atoms with Gasteiger partial charge < -0.3 is 19.3 Å². The van der Waals surface area contributed by atoms with Crippen LogP contribution in [0.3, 0.4) is 0 Å². The molecule has 1 N–H and O–H groups in total. The first-order chi connectivity index (χ1) is 12.0. The third-order valence-corrected chi connectivity index (χ3v) is 3.55. The zero-order valence-corrected chi connectivity index (χ0v) is 15.0. The molecule has 0 bridgehead atoms. The van der Waals surface area contributed by atoms with Crippen molar-refractivity contribution in [3.05, 3.63) is 40.8 Å². The lowest BCUT2D eigenvalue weighted by Crippen LogP contribution is -2.11. The number of aliphatic hydroxyl groups excluding tert-OH is 1. The SMILES string of the molecule is CCCOc1ccc(/C=C2/N=C(C)C(C(=O)OC)=C2O)cc1OCC. The molecular formula is C19H23NO5. The Labute approximate surface area is 147 Å². The van der Waals surface area contributed by atoms with Crippen molar-refractivity contribution in [2.45, 2.75) is 27.2 Å². The summed E-state index contributed by atoms with van der Waals surface area (Å²) < 4.78 is 16.0. The molecule has 0 aliphatic carbocycles. The second-order valence-corrected chi connectivity index (χ2v) is 5.43. The zero-order valence-electron chi connectivity index (χ0n) is 15.0. The molecule has 2 rings (SSSR count). The summed E-state index contributed by atoms with van der Waals surface area (Å²) in [5, 5.41) is 10.3. The fourth-order valence-electron chi connectivity index (χ4n) is 2.41. The molecule has 0 saturated heterocycles. The van der Waals surface area contributed by atoms with E-state index in [-0.39, 0.29) is 11.3 Å². The van der Waals surface area contributed by atoms with Crippen LogP contribution in [0.4, 0.5) is 0 Å². The Balaban J connectivity index is 2.36. The molecule has 0 radical (unpaired) electrons. The Morgan fingerprint density at radius 2 is 2.00 bits per heavy atom. The number of methoxy groups -OCH3 is 1. The van der Waals surface area contributed by atoms with Crippen molar-refractivity contribution < 1.29 is 24.1 Å². The molecule has 0 spiro atoms. The summed E-state index contributed by atoms with van der Waals surface area (Å²) in [7, 11) is 1.26. The minimum Gasteiger partial charge on any atom is -0.505 e. The number of ether oxygens (including phenoxy) is 3. The maximum Gasteiger partial charge on any atom is 0.343 e. The fourth-order valence-corrected chi connectivity index (χ4v) is 2.41. The van der Waals surface area contributed by atoms with Gasteiger partial charge in [0.05, 0.1) is 26.0 Å². The van der Waals surface area contributed by atoms with Crippen LogP contribution in [-0.4, -0.2) is 37.1 Å². The van der Waals surface area contributed by atoms with Crippen LogP contribution < -0.4 is 9.47 Å². The molecule has 1 aromatic carbocycles. The van der Waals surface area contributed by atoms with Crippen molar-refractivity contribution in [2.24, 2.45) is 4.99 Å². The maximum absolute atomic E-state index is 11.7. The quantitative estimate of drug-likeness (QED) is 0.763. The number of esters is 1. The molecule has 134 valence electrons. The lowest BCUT2D eigenvalue weighted by atomic mass is 10.1. The van der Waals surface area contributed by atoms with E-state index in [0.29, 0.717) is 36.1 Å². The standard InChI is InChI=1S/C19H23NO5/c1-5-9-25-15-8-7-13(11-16(15)24-6-2)10-14-18(21)17(12(3)20-14)19(22)23-4/h7-8,10-11,21H,5-6,9H2,1-4H3/b14-10+. The van der Waals surface area contributed by atoms with Crippen LogP contribution >= 0.6 is 0 Å². The van der Waals surface area contributed by atoms with Gasteiger partial charge in [0.25, 0.3) is 0 Å². The Hall–Kier alpha value is -2.76. The lowest BCUT2D eigenvalue weighted by Gasteiger charge is -2.12. The summed E-state index contributed by atoms with van der Waals surface area (Å²) in [6.45, 7) is 6.70. The normalized spacial score (nSPS) is 15.4. The van der Waals surface area contributed by atoms with Gasteiger partial charge in [-0.1, -0.05) is 13.0 Å². The van der Waals surface area contributed by atoms with Gasteiger partial charge in [0.15, 0.2) is 17.3 Å². The van der Waals surface area contributed by atoms with E-state index in [9.17, 15) is 9.90 Å². The van der Waals surface area contributed by atoms with Crippen LogP contribution in [-0.2, 0) is 9.53 Å². The number of nitrogens with zero attached hydrogens (tertiary/aromatic N) is 1. The molecule has 1 aliphatic rings. The van der Waals surface area contributed by atoms with Crippen LogP contribution in [0.15, 0.2) is 40.2 Å². The zero-order chi connectivity index (χ0) is 18.4. The number of aliphatic hydroxyl groups is 1. The number of hydrogen-bond donors (Lipinski definition) is 1. The Bertz CT molecular complexity index is 746. The highest BCUT2D eigenvalue weighted by atomic mass is 16.5. The molecule has 0 atom stereocenters. The van der Waals surface area contributed by atoms with Gasteiger partial charge >= 0.3 is 5.97 Å². The van der Waals surface area contributed by atoms with Crippen molar-refractivity contribution >= 4 is 17.8 Å². The molecule has 0 aromatic heterocycles. The van der Waals surface area contributed by atoms with Crippen LogP contribution in [0.25, 0.3) is 6.08 Å². The molecule has 0 saturated carbocycles. The van der Waals surface area contributed by atoms with Crippen LogP contribution in [0.5, 0.6) is 11.5 Å². The number of aliphatic imine (C=N–C) groups is 1. The molecule has 0 fully saturated rings. The van der Waals surface area contributed by atoms with Crippen molar-refractivity contribution in [3.63, 3.8) is 0 Å². The predicted octanol–water partition coefficient (Wildman–Crippen LogP) is 3.67. The molecule has 6 heteroatoms. The summed E-state index contributed by atoms with van der Waals surface area (Å²) in [4.78, 5) is 16.0. The largest absolute Gasteiger partial charge is 0.505 e. The van der Waals surface area contributed by atoms with E-state index in [2.05, 4.69) is 9.73 Å². The summed E-state index contributed by atoms with van der Waals surface area (Å²) >= 11 is 0. The second-order valence-electron chi connectivity index (χ2n) is 5.43. The van der Waals surface area contributed by atoms with E-state index in [1.165, 1.54) is 7.11 Å². The molecule has 1 aromatic rings. The van der Waals surface area contributed by atoms with E-state index in [1.807, 2.05) is 32.0 Å². The van der Waals surface area contributed by atoms with Crippen molar-refractivity contribution in [1.29, 1.82) is 0 Å². The average Bonchev–Trinajstić information content (AvgIpc) is 2.87. The molecule has 1 aliphatic heterocycles. The number of carbonyl (C=O) groups is 1. The summed E-state index contributed by atoms with van der Waals surface area (Å²) in [5.74, 6) is 0.502. The molecule has 0 unspecified atom stereocenters. The monoisotopic (exact) mass is 345 g/mol. The van der Waals surface area contributed by atoms with E-state index in [0.717, 1.165) is 12.0 Å². The molecule has 6 nitrogen and oxygen atoms in total. The van der Waals surface area contributed by atoms with Gasteiger partial charge in [-0.05, 0) is 44.0 Å². The molecule has 1 heterocycles. The van der Waals surface area contributed by atoms with Gasteiger partial charge in [0, 0.05) is 0 Å². The van der Waals surface area contributed by atoms with Crippen LogP contribution in [0.1, 0.15) is 32.8 Å². The summed E-state index contributed by atoms with van der Waals surface area (Å²) in [5.41, 5.74) is 1.59. The van der Waals surface area contributed by atoms with Gasteiger partial charge in [0.2, 0.25) is 0 Å². The Morgan fingerprint density at radius 3 is 2.64 bits per heavy atom.